The van der Waals surface area contributed by atoms with Gasteiger partial charge in [-0.25, -0.2) is 0 Å². The summed E-state index contributed by atoms with van der Waals surface area (Å²) in [6.45, 7) is 2.81. The molecule has 1 aliphatic heterocycles. The van der Waals surface area contributed by atoms with Gasteiger partial charge in [-0.2, -0.15) is 0 Å². The van der Waals surface area contributed by atoms with E-state index >= 15 is 0 Å². The maximum absolute atomic E-state index is 6.17. The fourth-order valence-corrected chi connectivity index (χ4v) is 2.81. The van der Waals surface area contributed by atoms with Crippen molar-refractivity contribution in [3.8, 4) is 16.9 Å². The zero-order chi connectivity index (χ0) is 15.3. The smallest absolute Gasteiger partial charge is 0.127 e. The van der Waals surface area contributed by atoms with Crippen molar-refractivity contribution in [3.05, 3.63) is 48.8 Å². The first-order valence-corrected chi connectivity index (χ1v) is 7.73. The second-order valence-electron chi connectivity index (χ2n) is 5.84. The van der Waals surface area contributed by atoms with Gasteiger partial charge in [0.2, 0.25) is 0 Å². The first-order chi connectivity index (χ1) is 10.8. The van der Waals surface area contributed by atoms with E-state index in [2.05, 4.69) is 11.1 Å². The quantitative estimate of drug-likeness (QED) is 0.922. The van der Waals surface area contributed by atoms with Gasteiger partial charge in [-0.05, 0) is 36.6 Å². The lowest BCUT2D eigenvalue weighted by Crippen LogP contribution is -2.41. The van der Waals surface area contributed by atoms with Crippen LogP contribution < -0.4 is 10.5 Å². The predicted octanol–water partition coefficient (Wildman–Crippen LogP) is 2.88. The van der Waals surface area contributed by atoms with Crippen LogP contribution >= 0.6 is 0 Å². The second kappa shape index (κ2) is 6.90. The molecule has 0 aliphatic carbocycles. The average molecular weight is 298 g/mol. The molecule has 0 bridgehead atoms. The minimum Gasteiger partial charge on any atom is -0.492 e. The molecule has 1 aromatic carbocycles. The minimum absolute atomic E-state index is 0.0314. The third-order valence-corrected chi connectivity index (χ3v) is 4.40. The lowest BCUT2D eigenvalue weighted by molar-refractivity contribution is -0.00488. The van der Waals surface area contributed by atoms with Crippen LogP contribution in [-0.4, -0.2) is 31.3 Å². The fraction of sp³-hybridized carbons (Fsp3) is 0.389. The lowest BCUT2D eigenvalue weighted by Gasteiger charge is -2.35. The summed E-state index contributed by atoms with van der Waals surface area (Å²) in [5.74, 6) is 0.896. The molecule has 4 heteroatoms. The Hall–Kier alpha value is -1.91. The summed E-state index contributed by atoms with van der Waals surface area (Å²) in [6.07, 6.45) is 5.51. The van der Waals surface area contributed by atoms with E-state index in [-0.39, 0.29) is 5.41 Å². The Morgan fingerprint density at radius 3 is 2.55 bits per heavy atom. The molecular formula is C18H22N2O2. The Morgan fingerprint density at radius 2 is 1.82 bits per heavy atom. The Labute approximate surface area is 131 Å². The number of benzene rings is 1. The van der Waals surface area contributed by atoms with E-state index in [0.717, 1.165) is 42.9 Å². The van der Waals surface area contributed by atoms with Gasteiger partial charge in [0.05, 0.1) is 6.61 Å². The van der Waals surface area contributed by atoms with E-state index in [1.807, 2.05) is 30.3 Å². The number of nitrogens with two attached hydrogens (primary N) is 1. The van der Waals surface area contributed by atoms with Crippen LogP contribution in [0.15, 0.2) is 48.8 Å². The van der Waals surface area contributed by atoms with Gasteiger partial charge in [0.15, 0.2) is 0 Å². The van der Waals surface area contributed by atoms with Crippen molar-refractivity contribution in [1.29, 1.82) is 0 Å². The molecule has 2 aromatic rings. The van der Waals surface area contributed by atoms with E-state index in [9.17, 15) is 0 Å². The molecule has 116 valence electrons. The standard InChI is InChI=1S/C18H22N2O2/c19-13-18(7-11-21-12-8-18)14-22-17-4-2-1-3-16(17)15-5-9-20-10-6-15/h1-6,9-10H,7-8,11-14,19H2. The van der Waals surface area contributed by atoms with Crippen molar-refractivity contribution < 1.29 is 9.47 Å². The van der Waals surface area contributed by atoms with E-state index in [0.29, 0.717) is 13.2 Å². The van der Waals surface area contributed by atoms with Gasteiger partial charge in [-0.1, -0.05) is 18.2 Å². The molecule has 0 radical (unpaired) electrons. The number of pyridine rings is 1. The molecule has 1 aliphatic rings. The largest absolute Gasteiger partial charge is 0.492 e. The summed E-state index contributed by atoms with van der Waals surface area (Å²) in [5, 5.41) is 0. The first kappa shape index (κ1) is 15.0. The molecule has 0 saturated carbocycles. The zero-order valence-electron chi connectivity index (χ0n) is 12.7. The number of para-hydroxylation sites is 1. The van der Waals surface area contributed by atoms with Gasteiger partial charge in [0, 0.05) is 43.1 Å². The molecular weight excluding hydrogens is 276 g/mol. The van der Waals surface area contributed by atoms with Crippen LogP contribution in [0.5, 0.6) is 5.75 Å². The van der Waals surface area contributed by atoms with Crippen molar-refractivity contribution in [2.24, 2.45) is 11.1 Å². The number of rotatable bonds is 5. The Kier molecular flexibility index (Phi) is 4.71. The van der Waals surface area contributed by atoms with Gasteiger partial charge in [-0.3, -0.25) is 4.98 Å². The molecule has 1 aromatic heterocycles. The SMILES string of the molecule is NCC1(COc2ccccc2-c2ccncc2)CCOCC1. The second-order valence-corrected chi connectivity index (χ2v) is 5.84. The summed E-state index contributed by atoms with van der Waals surface area (Å²) in [7, 11) is 0. The summed E-state index contributed by atoms with van der Waals surface area (Å²) < 4.78 is 11.6. The monoisotopic (exact) mass is 298 g/mol. The van der Waals surface area contributed by atoms with Crippen LogP contribution in [-0.2, 0) is 4.74 Å². The minimum atomic E-state index is 0.0314. The van der Waals surface area contributed by atoms with Crippen LogP contribution in [0.4, 0.5) is 0 Å². The number of ether oxygens (including phenoxy) is 2. The molecule has 22 heavy (non-hydrogen) atoms. The first-order valence-electron chi connectivity index (χ1n) is 7.73. The van der Waals surface area contributed by atoms with Crippen molar-refractivity contribution in [3.63, 3.8) is 0 Å². The van der Waals surface area contributed by atoms with Gasteiger partial charge in [-0.15, -0.1) is 0 Å². The highest BCUT2D eigenvalue weighted by Crippen LogP contribution is 2.34. The summed E-state index contributed by atoms with van der Waals surface area (Å²) in [5.41, 5.74) is 8.24. The Balaban J connectivity index is 1.78. The maximum Gasteiger partial charge on any atom is 0.127 e. The van der Waals surface area contributed by atoms with Crippen LogP contribution in [0.1, 0.15) is 12.8 Å². The predicted molar refractivity (Wildman–Crippen MR) is 86.7 cm³/mol. The molecule has 2 N–H and O–H groups in total. The molecule has 1 fully saturated rings. The van der Waals surface area contributed by atoms with Gasteiger partial charge in [0.25, 0.3) is 0 Å². The van der Waals surface area contributed by atoms with E-state index in [4.69, 9.17) is 15.2 Å². The molecule has 1 saturated heterocycles. The number of aromatic nitrogens is 1. The van der Waals surface area contributed by atoms with Gasteiger partial charge in [0.1, 0.15) is 5.75 Å². The van der Waals surface area contributed by atoms with Gasteiger partial charge < -0.3 is 15.2 Å². The van der Waals surface area contributed by atoms with Crippen molar-refractivity contribution >= 4 is 0 Å². The average Bonchev–Trinajstić information content (AvgIpc) is 2.62. The van der Waals surface area contributed by atoms with Crippen molar-refractivity contribution in [2.45, 2.75) is 12.8 Å². The van der Waals surface area contributed by atoms with E-state index in [1.165, 1.54) is 0 Å². The highest BCUT2D eigenvalue weighted by atomic mass is 16.5. The fourth-order valence-electron chi connectivity index (χ4n) is 2.81. The molecule has 2 heterocycles. The normalized spacial score (nSPS) is 17.1. The third-order valence-electron chi connectivity index (χ3n) is 4.40. The van der Waals surface area contributed by atoms with Crippen molar-refractivity contribution in [1.82, 2.24) is 4.98 Å². The topological polar surface area (TPSA) is 57.4 Å². The van der Waals surface area contributed by atoms with Crippen LogP contribution in [0.25, 0.3) is 11.1 Å². The zero-order valence-corrected chi connectivity index (χ0v) is 12.7. The molecule has 0 atom stereocenters. The van der Waals surface area contributed by atoms with Crippen LogP contribution in [0.2, 0.25) is 0 Å². The van der Waals surface area contributed by atoms with E-state index in [1.54, 1.807) is 12.4 Å². The molecule has 0 spiro atoms. The lowest BCUT2D eigenvalue weighted by atomic mass is 9.81. The Bertz CT molecular complexity index is 595. The van der Waals surface area contributed by atoms with Crippen LogP contribution in [0, 0.1) is 5.41 Å². The highest BCUT2D eigenvalue weighted by molar-refractivity contribution is 5.69. The molecule has 0 amide bonds. The third kappa shape index (κ3) is 3.29. The Morgan fingerprint density at radius 1 is 1.09 bits per heavy atom. The summed E-state index contributed by atoms with van der Waals surface area (Å²) in [4.78, 5) is 4.07. The summed E-state index contributed by atoms with van der Waals surface area (Å²) >= 11 is 0. The molecule has 4 nitrogen and oxygen atoms in total. The van der Waals surface area contributed by atoms with E-state index < -0.39 is 0 Å². The highest BCUT2D eigenvalue weighted by Gasteiger charge is 2.32. The maximum atomic E-state index is 6.17. The van der Waals surface area contributed by atoms with Crippen LogP contribution in [0.3, 0.4) is 0 Å². The van der Waals surface area contributed by atoms with Gasteiger partial charge >= 0.3 is 0 Å². The molecule has 0 unspecified atom stereocenters. The number of hydrogen-bond donors (Lipinski definition) is 1. The van der Waals surface area contributed by atoms with Crippen molar-refractivity contribution in [2.75, 3.05) is 26.4 Å². The number of hydrogen-bond acceptors (Lipinski definition) is 4. The summed E-state index contributed by atoms with van der Waals surface area (Å²) in [6, 6.07) is 12.1. The number of nitrogens with zero attached hydrogens (tertiary/aromatic N) is 1. The molecule has 3 rings (SSSR count).